The van der Waals surface area contributed by atoms with Crippen molar-refractivity contribution in [3.05, 3.63) is 47.8 Å². The number of rotatable bonds is 3. The normalized spacial score (nSPS) is 10.2. The van der Waals surface area contributed by atoms with Gasteiger partial charge in [-0.2, -0.15) is 5.10 Å². The standard InChI is InChI=1S/C11H11N3O2/c12-11(16)10-5-6-14(13-10)7-8-1-3-9(15)4-2-8/h1-6,15H,7H2,(H2,12,16). The number of nitrogens with zero attached hydrogens (tertiary/aromatic N) is 2. The number of primary amides is 1. The Labute approximate surface area is 92.1 Å². The maximum atomic E-state index is 10.8. The number of hydrogen-bond acceptors (Lipinski definition) is 3. The summed E-state index contributed by atoms with van der Waals surface area (Å²) in [6.07, 6.45) is 1.69. The van der Waals surface area contributed by atoms with Gasteiger partial charge in [-0.05, 0) is 23.8 Å². The summed E-state index contributed by atoms with van der Waals surface area (Å²) < 4.78 is 1.62. The lowest BCUT2D eigenvalue weighted by Crippen LogP contribution is -2.12. The molecule has 1 aromatic carbocycles. The molecule has 3 N–H and O–H groups in total. The Hall–Kier alpha value is -2.30. The molecule has 0 spiro atoms. The maximum Gasteiger partial charge on any atom is 0.269 e. The van der Waals surface area contributed by atoms with Crippen molar-refractivity contribution in [1.82, 2.24) is 9.78 Å². The van der Waals surface area contributed by atoms with Crippen molar-refractivity contribution in [1.29, 1.82) is 0 Å². The first-order chi connectivity index (χ1) is 7.65. The first-order valence-electron chi connectivity index (χ1n) is 4.76. The number of nitrogens with two attached hydrogens (primary N) is 1. The number of aromatic hydroxyl groups is 1. The highest BCUT2D eigenvalue weighted by Gasteiger charge is 2.04. The van der Waals surface area contributed by atoms with E-state index in [1.165, 1.54) is 0 Å². The van der Waals surface area contributed by atoms with Crippen LogP contribution in [0.5, 0.6) is 5.75 Å². The summed E-state index contributed by atoms with van der Waals surface area (Å²) in [6, 6.07) is 8.37. The third kappa shape index (κ3) is 2.20. The zero-order valence-corrected chi connectivity index (χ0v) is 8.50. The van der Waals surface area contributed by atoms with E-state index < -0.39 is 5.91 Å². The van der Waals surface area contributed by atoms with Crippen molar-refractivity contribution in [2.75, 3.05) is 0 Å². The number of aromatic nitrogens is 2. The highest BCUT2D eigenvalue weighted by Crippen LogP contribution is 2.10. The Balaban J connectivity index is 2.14. The van der Waals surface area contributed by atoms with E-state index >= 15 is 0 Å². The Morgan fingerprint density at radius 2 is 2.00 bits per heavy atom. The van der Waals surface area contributed by atoms with E-state index in [4.69, 9.17) is 10.8 Å². The van der Waals surface area contributed by atoms with Crippen molar-refractivity contribution in [2.24, 2.45) is 5.73 Å². The first kappa shape index (κ1) is 10.2. The van der Waals surface area contributed by atoms with Crippen molar-refractivity contribution >= 4 is 5.91 Å². The molecular weight excluding hydrogens is 206 g/mol. The number of amides is 1. The molecule has 16 heavy (non-hydrogen) atoms. The summed E-state index contributed by atoms with van der Waals surface area (Å²) in [5, 5.41) is 13.1. The summed E-state index contributed by atoms with van der Waals surface area (Å²) in [5.41, 5.74) is 6.32. The number of benzene rings is 1. The van der Waals surface area contributed by atoms with Crippen molar-refractivity contribution in [2.45, 2.75) is 6.54 Å². The van der Waals surface area contributed by atoms with Crippen LogP contribution in [0.4, 0.5) is 0 Å². The minimum absolute atomic E-state index is 0.224. The third-order valence-electron chi connectivity index (χ3n) is 2.17. The Morgan fingerprint density at radius 3 is 2.56 bits per heavy atom. The fraction of sp³-hybridized carbons (Fsp3) is 0.0909. The molecule has 5 heteroatoms. The van der Waals surface area contributed by atoms with Gasteiger partial charge >= 0.3 is 0 Å². The Bertz CT molecular complexity index is 502. The number of hydrogen-bond donors (Lipinski definition) is 2. The molecule has 0 aliphatic heterocycles. The average Bonchev–Trinajstić information content (AvgIpc) is 2.70. The van der Waals surface area contributed by atoms with Crippen LogP contribution < -0.4 is 5.73 Å². The molecule has 0 bridgehead atoms. The fourth-order valence-electron chi connectivity index (χ4n) is 1.37. The van der Waals surface area contributed by atoms with Crippen LogP contribution in [0.1, 0.15) is 16.1 Å². The smallest absolute Gasteiger partial charge is 0.269 e. The van der Waals surface area contributed by atoms with Crippen LogP contribution in [-0.2, 0) is 6.54 Å². The predicted molar refractivity (Wildman–Crippen MR) is 58.0 cm³/mol. The number of carbonyl (C=O) groups is 1. The van der Waals surface area contributed by atoms with Gasteiger partial charge in [-0.1, -0.05) is 12.1 Å². The lowest BCUT2D eigenvalue weighted by molar-refractivity contribution is 0.0995. The van der Waals surface area contributed by atoms with Crippen LogP contribution >= 0.6 is 0 Å². The first-order valence-corrected chi connectivity index (χ1v) is 4.76. The van der Waals surface area contributed by atoms with Gasteiger partial charge in [-0.25, -0.2) is 0 Å². The number of carbonyl (C=O) groups excluding carboxylic acids is 1. The van der Waals surface area contributed by atoms with Crippen LogP contribution in [-0.4, -0.2) is 20.8 Å². The minimum atomic E-state index is -0.538. The number of phenols is 1. The van der Waals surface area contributed by atoms with Crippen LogP contribution in [0.2, 0.25) is 0 Å². The molecule has 2 rings (SSSR count). The van der Waals surface area contributed by atoms with Gasteiger partial charge in [-0.15, -0.1) is 0 Å². The van der Waals surface area contributed by atoms with Gasteiger partial charge in [-0.3, -0.25) is 9.48 Å². The van der Waals surface area contributed by atoms with E-state index in [9.17, 15) is 4.79 Å². The summed E-state index contributed by atoms with van der Waals surface area (Å²) in [6.45, 7) is 0.535. The largest absolute Gasteiger partial charge is 0.508 e. The SMILES string of the molecule is NC(=O)c1ccn(Cc2ccc(O)cc2)n1. The summed E-state index contributed by atoms with van der Waals surface area (Å²) in [7, 11) is 0. The fourth-order valence-corrected chi connectivity index (χ4v) is 1.37. The molecule has 0 fully saturated rings. The van der Waals surface area contributed by atoms with E-state index in [-0.39, 0.29) is 11.4 Å². The van der Waals surface area contributed by atoms with E-state index in [2.05, 4.69) is 5.10 Å². The van der Waals surface area contributed by atoms with Crippen LogP contribution in [0.3, 0.4) is 0 Å². The Morgan fingerprint density at radius 1 is 1.31 bits per heavy atom. The molecule has 0 radical (unpaired) electrons. The van der Waals surface area contributed by atoms with Crippen molar-refractivity contribution < 1.29 is 9.90 Å². The Kier molecular flexibility index (Phi) is 2.59. The summed E-state index contributed by atoms with van der Waals surface area (Å²) in [4.78, 5) is 10.8. The van der Waals surface area contributed by atoms with Crippen LogP contribution in [0.25, 0.3) is 0 Å². The van der Waals surface area contributed by atoms with Crippen molar-refractivity contribution in [3.8, 4) is 5.75 Å². The quantitative estimate of drug-likeness (QED) is 0.795. The van der Waals surface area contributed by atoms with E-state index in [0.29, 0.717) is 6.54 Å². The lowest BCUT2D eigenvalue weighted by Gasteiger charge is -2.01. The molecule has 0 saturated carbocycles. The molecule has 82 valence electrons. The average molecular weight is 217 g/mol. The molecule has 0 aliphatic rings. The minimum Gasteiger partial charge on any atom is -0.508 e. The van der Waals surface area contributed by atoms with Gasteiger partial charge in [0.1, 0.15) is 11.4 Å². The lowest BCUT2D eigenvalue weighted by atomic mass is 10.2. The zero-order valence-electron chi connectivity index (χ0n) is 8.50. The molecule has 1 heterocycles. The van der Waals surface area contributed by atoms with Gasteiger partial charge in [0.05, 0.1) is 6.54 Å². The molecule has 1 amide bonds. The highest BCUT2D eigenvalue weighted by atomic mass is 16.3. The topological polar surface area (TPSA) is 81.1 Å². The summed E-state index contributed by atoms with van der Waals surface area (Å²) in [5.74, 6) is -0.313. The maximum absolute atomic E-state index is 10.8. The molecule has 5 nitrogen and oxygen atoms in total. The molecule has 1 aromatic heterocycles. The molecule has 2 aromatic rings. The zero-order chi connectivity index (χ0) is 11.5. The van der Waals surface area contributed by atoms with Crippen LogP contribution in [0.15, 0.2) is 36.5 Å². The predicted octanol–water partition coefficient (Wildman–Crippen LogP) is 0.736. The van der Waals surface area contributed by atoms with Gasteiger partial charge in [0.25, 0.3) is 5.91 Å². The number of phenolic OH excluding ortho intramolecular Hbond substituents is 1. The van der Waals surface area contributed by atoms with Crippen LogP contribution in [0, 0.1) is 0 Å². The molecule has 0 aliphatic carbocycles. The second kappa shape index (κ2) is 4.06. The van der Waals surface area contributed by atoms with Crippen molar-refractivity contribution in [3.63, 3.8) is 0 Å². The molecule has 0 unspecified atom stereocenters. The van der Waals surface area contributed by atoms with E-state index in [1.807, 2.05) is 0 Å². The molecule has 0 saturated heterocycles. The second-order valence-corrected chi connectivity index (χ2v) is 3.43. The van der Waals surface area contributed by atoms with Gasteiger partial charge in [0, 0.05) is 6.20 Å². The third-order valence-corrected chi connectivity index (χ3v) is 2.17. The molecular formula is C11H11N3O2. The van der Waals surface area contributed by atoms with Gasteiger partial charge in [0.2, 0.25) is 0 Å². The van der Waals surface area contributed by atoms with E-state index in [0.717, 1.165) is 5.56 Å². The highest BCUT2D eigenvalue weighted by molar-refractivity contribution is 5.90. The monoisotopic (exact) mass is 217 g/mol. The molecule has 0 atom stereocenters. The van der Waals surface area contributed by atoms with Gasteiger partial charge < -0.3 is 10.8 Å². The van der Waals surface area contributed by atoms with E-state index in [1.54, 1.807) is 41.2 Å². The second-order valence-electron chi connectivity index (χ2n) is 3.43. The summed E-state index contributed by atoms with van der Waals surface area (Å²) >= 11 is 0. The van der Waals surface area contributed by atoms with Gasteiger partial charge in [0.15, 0.2) is 0 Å².